The van der Waals surface area contributed by atoms with Crippen molar-refractivity contribution < 1.29 is 0 Å². The molecule has 0 spiro atoms. The fraction of sp³-hybridized carbons (Fsp3) is 0.0448. The molecular formula is C67H46. The van der Waals surface area contributed by atoms with Gasteiger partial charge in [-0.25, -0.2) is 0 Å². The largest absolute Gasteiger partial charge is 0.0622 e. The van der Waals surface area contributed by atoms with Crippen LogP contribution in [0.15, 0.2) is 243 Å². The average Bonchev–Trinajstić information content (AvgIpc) is 3.62. The Kier molecular flexibility index (Phi) is 8.98. The summed E-state index contributed by atoms with van der Waals surface area (Å²) < 4.78 is 0. The smallest absolute Gasteiger partial charge is 0.0159 e. The third-order valence-corrected chi connectivity index (χ3v) is 14.7. The van der Waals surface area contributed by atoms with Gasteiger partial charge in [0.15, 0.2) is 0 Å². The van der Waals surface area contributed by atoms with Crippen molar-refractivity contribution in [1.29, 1.82) is 0 Å². The number of hydrogen-bond donors (Lipinski definition) is 0. The standard InChI is InChI=1S/C67H46/c1-67(2)61-41-49(44-20-8-4-9-21-44)34-37-51(61)52-38-36-50(42-62(52)67)66-57-28-16-13-25-54(57)63(55-26-14-17-29-58(55)66)46-30-32-47(33-31-46)64-53-24-12-15-27-56(53)65(45-22-10-5-11-23-45)60-40-48(35-39-59(60)64)43-18-6-3-7-19-43/h3-42H,1-2H3. The molecule has 0 unspecified atom stereocenters. The van der Waals surface area contributed by atoms with E-state index in [1.165, 1.54) is 132 Å². The molecule has 12 aromatic rings. The number of benzene rings is 12. The molecule has 0 aromatic heterocycles. The van der Waals surface area contributed by atoms with Crippen LogP contribution in [0.3, 0.4) is 0 Å². The third kappa shape index (κ3) is 6.21. The van der Waals surface area contributed by atoms with E-state index in [0.29, 0.717) is 0 Å². The molecule has 314 valence electrons. The fourth-order valence-corrected chi connectivity index (χ4v) is 11.5. The van der Waals surface area contributed by atoms with Gasteiger partial charge in [-0.15, -0.1) is 0 Å². The van der Waals surface area contributed by atoms with E-state index in [4.69, 9.17) is 0 Å². The Hall–Kier alpha value is -8.32. The van der Waals surface area contributed by atoms with Crippen LogP contribution in [0.2, 0.25) is 0 Å². The van der Waals surface area contributed by atoms with E-state index in [-0.39, 0.29) is 5.41 Å². The maximum atomic E-state index is 2.49. The first-order valence-electron chi connectivity index (χ1n) is 23.5. The first-order chi connectivity index (χ1) is 33.0. The molecule has 0 aliphatic heterocycles. The molecule has 0 amide bonds. The summed E-state index contributed by atoms with van der Waals surface area (Å²) >= 11 is 0. The molecule has 12 aromatic carbocycles. The Morgan fingerprint density at radius 2 is 0.493 bits per heavy atom. The van der Waals surface area contributed by atoms with Crippen LogP contribution in [0, 0.1) is 0 Å². The van der Waals surface area contributed by atoms with Gasteiger partial charge in [0.25, 0.3) is 0 Å². The highest BCUT2D eigenvalue weighted by Gasteiger charge is 2.36. The van der Waals surface area contributed by atoms with Crippen LogP contribution in [0.5, 0.6) is 0 Å². The maximum absolute atomic E-state index is 2.49. The molecular weight excluding hydrogens is 805 g/mol. The summed E-state index contributed by atoms with van der Waals surface area (Å²) in [6, 6.07) is 90.1. The normalized spacial score (nSPS) is 12.7. The maximum Gasteiger partial charge on any atom is 0.0159 e. The molecule has 0 nitrogen and oxygen atoms in total. The zero-order chi connectivity index (χ0) is 44.6. The van der Waals surface area contributed by atoms with Crippen molar-refractivity contribution in [2.45, 2.75) is 19.3 Å². The molecule has 0 fully saturated rings. The van der Waals surface area contributed by atoms with E-state index in [1.54, 1.807) is 0 Å². The lowest BCUT2D eigenvalue weighted by molar-refractivity contribution is 0.661. The summed E-state index contributed by atoms with van der Waals surface area (Å²) in [5.74, 6) is 0. The van der Waals surface area contributed by atoms with Crippen molar-refractivity contribution in [1.82, 2.24) is 0 Å². The van der Waals surface area contributed by atoms with E-state index >= 15 is 0 Å². The number of hydrogen-bond acceptors (Lipinski definition) is 0. The quantitative estimate of drug-likeness (QED) is 0.146. The lowest BCUT2D eigenvalue weighted by Crippen LogP contribution is -2.15. The topological polar surface area (TPSA) is 0 Å². The van der Waals surface area contributed by atoms with Gasteiger partial charge in [-0.3, -0.25) is 0 Å². The van der Waals surface area contributed by atoms with Crippen LogP contribution in [-0.4, -0.2) is 0 Å². The van der Waals surface area contributed by atoms with Crippen LogP contribution < -0.4 is 0 Å². The van der Waals surface area contributed by atoms with E-state index in [9.17, 15) is 0 Å². The van der Waals surface area contributed by atoms with Crippen LogP contribution >= 0.6 is 0 Å². The molecule has 1 aliphatic rings. The molecule has 67 heavy (non-hydrogen) atoms. The van der Waals surface area contributed by atoms with Gasteiger partial charge in [0.1, 0.15) is 0 Å². The molecule has 0 atom stereocenters. The van der Waals surface area contributed by atoms with Gasteiger partial charge in [0.2, 0.25) is 0 Å². The molecule has 0 bridgehead atoms. The SMILES string of the molecule is CC1(C)c2cc(-c3ccccc3)ccc2-c2ccc(-c3c4ccccc4c(-c4ccc(-c5c6ccccc6c(-c6ccccc6)c6cc(-c7ccccc7)ccc56)cc4)c4ccccc34)cc21. The van der Waals surface area contributed by atoms with Gasteiger partial charge in [0.05, 0.1) is 0 Å². The summed E-state index contributed by atoms with van der Waals surface area (Å²) in [4.78, 5) is 0. The van der Waals surface area contributed by atoms with Crippen molar-refractivity contribution >= 4 is 43.1 Å². The Morgan fingerprint density at radius 3 is 0.940 bits per heavy atom. The Labute approximate surface area is 392 Å². The van der Waals surface area contributed by atoms with Crippen molar-refractivity contribution in [3.05, 3.63) is 254 Å². The molecule has 0 saturated carbocycles. The first-order valence-corrected chi connectivity index (χ1v) is 23.5. The highest BCUT2D eigenvalue weighted by molar-refractivity contribution is 6.23. The van der Waals surface area contributed by atoms with E-state index < -0.39 is 0 Å². The number of rotatable bonds is 6. The minimum Gasteiger partial charge on any atom is -0.0622 e. The van der Waals surface area contributed by atoms with Crippen molar-refractivity contribution in [3.63, 3.8) is 0 Å². The van der Waals surface area contributed by atoms with Gasteiger partial charge in [-0.2, -0.15) is 0 Å². The van der Waals surface area contributed by atoms with Crippen LogP contribution in [0.4, 0.5) is 0 Å². The van der Waals surface area contributed by atoms with Gasteiger partial charge in [0, 0.05) is 5.41 Å². The van der Waals surface area contributed by atoms with Crippen LogP contribution in [0.1, 0.15) is 25.0 Å². The Morgan fingerprint density at radius 1 is 0.209 bits per heavy atom. The first kappa shape index (κ1) is 39.1. The molecule has 0 heterocycles. The molecule has 0 heteroatoms. The van der Waals surface area contributed by atoms with E-state index in [0.717, 1.165) is 0 Å². The van der Waals surface area contributed by atoms with Crippen molar-refractivity contribution in [2.75, 3.05) is 0 Å². The Bertz CT molecular complexity index is 3840. The second kappa shape index (κ2) is 15.4. The summed E-state index contributed by atoms with van der Waals surface area (Å²) in [7, 11) is 0. The third-order valence-electron chi connectivity index (χ3n) is 14.7. The predicted octanol–water partition coefficient (Wildman–Crippen LogP) is 18.6. The van der Waals surface area contributed by atoms with Gasteiger partial charge >= 0.3 is 0 Å². The molecule has 0 saturated heterocycles. The molecule has 0 radical (unpaired) electrons. The second-order valence-corrected chi connectivity index (χ2v) is 18.7. The highest BCUT2D eigenvalue weighted by atomic mass is 14.4. The minimum atomic E-state index is -0.151. The van der Waals surface area contributed by atoms with Gasteiger partial charge in [-0.1, -0.05) is 238 Å². The summed E-state index contributed by atoms with van der Waals surface area (Å²) in [5.41, 5.74) is 20.2. The van der Waals surface area contributed by atoms with Crippen molar-refractivity contribution in [2.24, 2.45) is 0 Å². The monoisotopic (exact) mass is 850 g/mol. The Balaban J connectivity index is 0.963. The van der Waals surface area contributed by atoms with Crippen molar-refractivity contribution in [3.8, 4) is 77.9 Å². The lowest BCUT2D eigenvalue weighted by Gasteiger charge is -2.23. The number of fused-ring (bicyclic) bond motifs is 7. The summed E-state index contributed by atoms with van der Waals surface area (Å²) in [5, 5.41) is 10.1. The molecule has 0 N–H and O–H groups in total. The highest BCUT2D eigenvalue weighted by Crippen LogP contribution is 2.53. The predicted molar refractivity (Wildman–Crippen MR) is 287 cm³/mol. The summed E-state index contributed by atoms with van der Waals surface area (Å²) in [6.07, 6.45) is 0. The van der Waals surface area contributed by atoms with E-state index in [1.807, 2.05) is 0 Å². The zero-order valence-electron chi connectivity index (χ0n) is 37.6. The minimum absolute atomic E-state index is 0.151. The average molecular weight is 851 g/mol. The second-order valence-electron chi connectivity index (χ2n) is 18.7. The van der Waals surface area contributed by atoms with Gasteiger partial charge in [-0.05, 0) is 150 Å². The fourth-order valence-electron chi connectivity index (χ4n) is 11.5. The molecule has 13 rings (SSSR count). The molecule has 1 aliphatic carbocycles. The van der Waals surface area contributed by atoms with E-state index in [2.05, 4.69) is 257 Å². The lowest BCUT2D eigenvalue weighted by atomic mass is 9.80. The van der Waals surface area contributed by atoms with Gasteiger partial charge < -0.3 is 0 Å². The van der Waals surface area contributed by atoms with Crippen LogP contribution in [-0.2, 0) is 5.41 Å². The van der Waals surface area contributed by atoms with Crippen LogP contribution in [0.25, 0.3) is 121 Å². The zero-order valence-corrected chi connectivity index (χ0v) is 37.6. The summed E-state index contributed by atoms with van der Waals surface area (Å²) in [6.45, 7) is 4.79.